The fourth-order valence-corrected chi connectivity index (χ4v) is 5.41. The first-order chi connectivity index (χ1) is 14.1. The first-order valence-electron chi connectivity index (χ1n) is 10.0. The molecule has 0 radical (unpaired) electrons. The minimum Gasteiger partial charge on any atom is -0.496 e. The van der Waals surface area contributed by atoms with Gasteiger partial charge in [0.05, 0.1) is 18.2 Å². The lowest BCUT2D eigenvalue weighted by Gasteiger charge is -2.36. The molecular weight excluding hydrogens is 378 g/mol. The Morgan fingerprint density at radius 3 is 2.83 bits per heavy atom. The lowest BCUT2D eigenvalue weighted by molar-refractivity contribution is 0.203. The molecule has 5 heteroatoms. The van der Waals surface area contributed by atoms with Gasteiger partial charge in [0.1, 0.15) is 5.75 Å². The van der Waals surface area contributed by atoms with Gasteiger partial charge in [-0.3, -0.25) is 4.90 Å². The summed E-state index contributed by atoms with van der Waals surface area (Å²) in [6, 6.07) is 15.4. The highest BCUT2D eigenvalue weighted by atomic mass is 32.1. The molecule has 0 aliphatic carbocycles. The van der Waals surface area contributed by atoms with Crippen LogP contribution in [0.15, 0.2) is 48.7 Å². The van der Waals surface area contributed by atoms with Gasteiger partial charge in [-0.25, -0.2) is 4.98 Å². The third kappa shape index (κ3) is 3.24. The molecule has 1 unspecified atom stereocenters. The van der Waals surface area contributed by atoms with E-state index in [0.717, 1.165) is 30.3 Å². The predicted octanol–water partition coefficient (Wildman–Crippen LogP) is 5.40. The van der Waals surface area contributed by atoms with Gasteiger partial charge in [-0.15, -0.1) is 11.3 Å². The van der Waals surface area contributed by atoms with Gasteiger partial charge in [-0.1, -0.05) is 30.3 Å². The van der Waals surface area contributed by atoms with Crippen molar-refractivity contribution >= 4 is 22.2 Å². The van der Waals surface area contributed by atoms with Gasteiger partial charge in [-0.2, -0.15) is 0 Å². The van der Waals surface area contributed by atoms with E-state index in [4.69, 9.17) is 4.74 Å². The van der Waals surface area contributed by atoms with Crippen molar-refractivity contribution in [1.29, 1.82) is 0 Å². The summed E-state index contributed by atoms with van der Waals surface area (Å²) in [5.74, 6) is 0.936. The van der Waals surface area contributed by atoms with Crippen LogP contribution in [0.1, 0.15) is 38.3 Å². The molecule has 0 saturated heterocycles. The van der Waals surface area contributed by atoms with E-state index >= 15 is 0 Å². The fourth-order valence-electron chi connectivity index (χ4n) is 4.59. The second kappa shape index (κ2) is 7.32. The van der Waals surface area contributed by atoms with Gasteiger partial charge >= 0.3 is 0 Å². The molecule has 1 N–H and O–H groups in total. The molecule has 5 rings (SSSR count). The molecule has 0 bridgehead atoms. The minimum absolute atomic E-state index is 0.193. The van der Waals surface area contributed by atoms with Crippen molar-refractivity contribution in [2.24, 2.45) is 0 Å². The van der Waals surface area contributed by atoms with E-state index in [-0.39, 0.29) is 6.04 Å². The third-order valence-corrected chi connectivity index (χ3v) is 6.79. The number of hydrogen-bond acceptors (Lipinski definition) is 4. The number of aryl methyl sites for hydroxylation is 2. The van der Waals surface area contributed by atoms with Crippen molar-refractivity contribution in [1.82, 2.24) is 14.9 Å². The van der Waals surface area contributed by atoms with Crippen LogP contribution in [0.4, 0.5) is 0 Å². The Kier molecular flexibility index (Phi) is 4.64. The number of fused-ring (bicyclic) bond motifs is 3. The van der Waals surface area contributed by atoms with Crippen molar-refractivity contribution in [2.75, 3.05) is 13.7 Å². The third-order valence-electron chi connectivity index (χ3n) is 5.90. The Labute approximate surface area is 175 Å². The molecule has 0 amide bonds. The van der Waals surface area contributed by atoms with Crippen LogP contribution in [0.5, 0.6) is 5.75 Å². The lowest BCUT2D eigenvalue weighted by Crippen LogP contribution is -2.35. The van der Waals surface area contributed by atoms with Gasteiger partial charge in [-0.05, 0) is 49.1 Å². The molecule has 1 atom stereocenters. The summed E-state index contributed by atoms with van der Waals surface area (Å²) in [5.41, 5.74) is 6.47. The Bertz CT molecular complexity index is 1180. The number of para-hydroxylation sites is 1. The maximum Gasteiger partial charge on any atom is 0.121 e. The fraction of sp³-hybridized carbons (Fsp3) is 0.292. The van der Waals surface area contributed by atoms with Crippen LogP contribution in [-0.2, 0) is 13.0 Å². The van der Waals surface area contributed by atoms with E-state index in [1.54, 1.807) is 18.4 Å². The van der Waals surface area contributed by atoms with Crippen LogP contribution in [0.2, 0.25) is 0 Å². The highest BCUT2D eigenvalue weighted by Crippen LogP contribution is 2.40. The monoisotopic (exact) mass is 403 g/mol. The number of thiazole rings is 1. The number of aromatic amines is 1. The maximum atomic E-state index is 5.50. The van der Waals surface area contributed by atoms with E-state index in [0.29, 0.717) is 0 Å². The molecule has 148 valence electrons. The number of H-pyrrole nitrogens is 1. The Hall–Kier alpha value is -2.63. The topological polar surface area (TPSA) is 41.1 Å². The zero-order valence-corrected chi connectivity index (χ0v) is 17.8. The van der Waals surface area contributed by atoms with Crippen LogP contribution in [0.25, 0.3) is 10.9 Å². The second-order valence-electron chi connectivity index (χ2n) is 7.76. The molecule has 1 aliphatic heterocycles. The number of rotatable bonds is 4. The first kappa shape index (κ1) is 18.4. The maximum absolute atomic E-state index is 5.50. The van der Waals surface area contributed by atoms with E-state index < -0.39 is 0 Å². The van der Waals surface area contributed by atoms with Gasteiger partial charge in [0.25, 0.3) is 0 Å². The number of ether oxygens (including phenoxy) is 1. The average molecular weight is 404 g/mol. The summed E-state index contributed by atoms with van der Waals surface area (Å²) in [5, 5.41) is 2.48. The molecule has 4 nitrogen and oxygen atoms in total. The lowest BCUT2D eigenvalue weighted by atomic mass is 9.91. The molecular formula is C24H25N3OS. The highest BCUT2D eigenvalue weighted by Gasteiger charge is 2.32. The van der Waals surface area contributed by atoms with E-state index in [1.807, 2.05) is 6.20 Å². The summed E-state index contributed by atoms with van der Waals surface area (Å²) in [6.07, 6.45) is 3.08. The quantitative estimate of drug-likeness (QED) is 0.496. The number of methoxy groups -OCH3 is 1. The number of nitrogens with one attached hydrogen (secondary N) is 1. The van der Waals surface area contributed by atoms with Crippen LogP contribution in [0, 0.1) is 13.8 Å². The predicted molar refractivity (Wildman–Crippen MR) is 119 cm³/mol. The summed E-state index contributed by atoms with van der Waals surface area (Å²) in [4.78, 5) is 12.1. The van der Waals surface area contributed by atoms with Gasteiger partial charge in [0.2, 0.25) is 0 Å². The van der Waals surface area contributed by atoms with Gasteiger partial charge in [0.15, 0.2) is 0 Å². The molecule has 2 aromatic heterocycles. The minimum atomic E-state index is 0.193. The van der Waals surface area contributed by atoms with E-state index in [1.165, 1.54) is 38.2 Å². The highest BCUT2D eigenvalue weighted by molar-refractivity contribution is 7.11. The Morgan fingerprint density at radius 2 is 2.07 bits per heavy atom. The second-order valence-corrected chi connectivity index (χ2v) is 9.08. The van der Waals surface area contributed by atoms with Crippen molar-refractivity contribution < 1.29 is 4.74 Å². The largest absolute Gasteiger partial charge is 0.496 e. The van der Waals surface area contributed by atoms with Crippen LogP contribution >= 0.6 is 11.3 Å². The summed E-state index contributed by atoms with van der Waals surface area (Å²) in [6.45, 7) is 6.14. The Balaban J connectivity index is 1.63. The number of hydrogen-bond donors (Lipinski definition) is 1. The molecule has 1 aliphatic rings. The van der Waals surface area contributed by atoms with Crippen molar-refractivity contribution in [3.8, 4) is 5.75 Å². The molecule has 0 fully saturated rings. The SMILES string of the molecule is COc1ccc(C2c3[nH]c4ccccc4c3CCN2Cc2cnc(C)s2)cc1C. The van der Waals surface area contributed by atoms with Crippen LogP contribution in [-0.4, -0.2) is 28.5 Å². The summed E-state index contributed by atoms with van der Waals surface area (Å²) >= 11 is 1.79. The van der Waals surface area contributed by atoms with E-state index in [2.05, 4.69) is 71.2 Å². The summed E-state index contributed by atoms with van der Waals surface area (Å²) < 4.78 is 5.50. The van der Waals surface area contributed by atoms with Crippen LogP contribution in [0.3, 0.4) is 0 Å². The number of nitrogens with zero attached hydrogens (tertiary/aromatic N) is 2. The molecule has 29 heavy (non-hydrogen) atoms. The molecule has 0 spiro atoms. The Morgan fingerprint density at radius 1 is 1.21 bits per heavy atom. The first-order valence-corrected chi connectivity index (χ1v) is 10.8. The van der Waals surface area contributed by atoms with Crippen molar-refractivity contribution in [3.63, 3.8) is 0 Å². The molecule has 3 heterocycles. The standard InChI is InChI=1S/C24H25N3OS/c1-15-12-17(8-9-22(15)28-3)24-23-20(19-6-4-5-7-21(19)26-23)10-11-27(24)14-18-13-25-16(2)29-18/h4-9,12-13,24,26H,10-11,14H2,1-3H3. The van der Waals surface area contributed by atoms with Gasteiger partial charge in [0, 0.05) is 40.8 Å². The zero-order chi connectivity index (χ0) is 20.0. The van der Waals surface area contributed by atoms with Crippen molar-refractivity contribution in [2.45, 2.75) is 32.9 Å². The van der Waals surface area contributed by atoms with Crippen LogP contribution < -0.4 is 4.74 Å². The normalized spacial score (nSPS) is 16.9. The molecule has 0 saturated carbocycles. The van der Waals surface area contributed by atoms with E-state index in [9.17, 15) is 0 Å². The molecule has 4 aromatic rings. The zero-order valence-electron chi connectivity index (χ0n) is 17.0. The van der Waals surface area contributed by atoms with Crippen molar-refractivity contribution in [3.05, 3.63) is 80.9 Å². The summed E-state index contributed by atoms with van der Waals surface area (Å²) in [7, 11) is 1.73. The average Bonchev–Trinajstić information content (AvgIpc) is 3.30. The molecule has 2 aromatic carbocycles. The number of benzene rings is 2. The van der Waals surface area contributed by atoms with Gasteiger partial charge < -0.3 is 9.72 Å². The smallest absolute Gasteiger partial charge is 0.121 e. The number of aromatic nitrogens is 2.